The molecule has 0 spiro atoms. The van der Waals surface area contributed by atoms with E-state index in [1.54, 1.807) is 0 Å². The van der Waals surface area contributed by atoms with Gasteiger partial charge < -0.3 is 10.6 Å². The third-order valence-corrected chi connectivity index (χ3v) is 5.76. The first-order valence-corrected chi connectivity index (χ1v) is 8.88. The highest BCUT2D eigenvalue weighted by Crippen LogP contribution is 2.32. The zero-order chi connectivity index (χ0) is 14.9. The average Bonchev–Trinajstić information content (AvgIpc) is 2.86. The maximum atomic E-state index is 12.4. The van der Waals surface area contributed by atoms with Crippen LogP contribution in [0, 0.1) is 5.92 Å². The number of amides is 1. The number of rotatable bonds is 3. The lowest BCUT2D eigenvalue weighted by molar-refractivity contribution is -0.123. The summed E-state index contributed by atoms with van der Waals surface area (Å²) in [5.74, 6) is 0.866. The summed E-state index contributed by atoms with van der Waals surface area (Å²) < 4.78 is 0. The summed E-state index contributed by atoms with van der Waals surface area (Å²) in [7, 11) is 0. The van der Waals surface area contributed by atoms with Gasteiger partial charge in [-0.25, -0.2) is 0 Å². The van der Waals surface area contributed by atoms with Crippen LogP contribution in [0.4, 0.5) is 0 Å². The van der Waals surface area contributed by atoms with Crippen LogP contribution in [0.3, 0.4) is 0 Å². The van der Waals surface area contributed by atoms with Gasteiger partial charge in [0, 0.05) is 24.5 Å². The van der Waals surface area contributed by atoms with Crippen LogP contribution in [0.1, 0.15) is 49.7 Å². The largest absolute Gasteiger partial charge is 0.353 e. The standard InChI is InChI=1S/C19H26N2O.ClH/c22-19(11-13-9-16-7-8-17(10-13)20-16)21-18-6-5-14-3-1-2-4-15(14)12-18;/h1-4,13,16-18,20H,5-12H2,(H,21,22);1H. The highest BCUT2D eigenvalue weighted by Gasteiger charge is 2.34. The molecule has 2 aliphatic heterocycles. The molecule has 1 aliphatic carbocycles. The highest BCUT2D eigenvalue weighted by molar-refractivity contribution is 5.85. The Kier molecular flexibility index (Phi) is 5.27. The van der Waals surface area contributed by atoms with E-state index in [0.29, 0.717) is 24.0 Å². The second kappa shape index (κ2) is 7.23. The van der Waals surface area contributed by atoms with Crippen LogP contribution in [0.2, 0.25) is 0 Å². The quantitative estimate of drug-likeness (QED) is 0.892. The highest BCUT2D eigenvalue weighted by atomic mass is 35.5. The lowest BCUT2D eigenvalue weighted by atomic mass is 9.87. The second-order valence-corrected chi connectivity index (χ2v) is 7.46. The molecular formula is C19H27ClN2O. The molecule has 4 heteroatoms. The van der Waals surface area contributed by atoms with Gasteiger partial charge in [0.2, 0.25) is 5.91 Å². The summed E-state index contributed by atoms with van der Waals surface area (Å²) in [6.45, 7) is 0. The molecule has 3 aliphatic rings. The van der Waals surface area contributed by atoms with Gasteiger partial charge in [0.05, 0.1) is 0 Å². The first-order valence-electron chi connectivity index (χ1n) is 8.88. The van der Waals surface area contributed by atoms with Gasteiger partial charge in [-0.3, -0.25) is 4.79 Å². The van der Waals surface area contributed by atoms with E-state index in [1.165, 1.54) is 36.8 Å². The minimum absolute atomic E-state index is 0. The van der Waals surface area contributed by atoms with E-state index in [2.05, 4.69) is 34.9 Å². The molecule has 2 heterocycles. The fourth-order valence-corrected chi connectivity index (χ4v) is 4.71. The monoisotopic (exact) mass is 334 g/mol. The van der Waals surface area contributed by atoms with Gasteiger partial charge in [-0.05, 0) is 62.0 Å². The minimum atomic E-state index is 0. The Morgan fingerprint density at radius 1 is 1.09 bits per heavy atom. The van der Waals surface area contributed by atoms with Crippen LogP contribution in [-0.4, -0.2) is 24.0 Å². The van der Waals surface area contributed by atoms with Crippen LogP contribution in [0.25, 0.3) is 0 Å². The maximum absolute atomic E-state index is 12.4. The molecule has 126 valence electrons. The molecule has 1 amide bonds. The third-order valence-electron chi connectivity index (χ3n) is 5.76. The van der Waals surface area contributed by atoms with Crippen LogP contribution < -0.4 is 10.6 Å². The van der Waals surface area contributed by atoms with Crippen molar-refractivity contribution < 1.29 is 4.79 Å². The zero-order valence-electron chi connectivity index (χ0n) is 13.6. The predicted octanol–water partition coefficient (Wildman–Crippen LogP) is 3.00. The van der Waals surface area contributed by atoms with Gasteiger partial charge in [-0.2, -0.15) is 0 Å². The number of hydrogen-bond donors (Lipinski definition) is 2. The van der Waals surface area contributed by atoms with Crippen LogP contribution in [0.5, 0.6) is 0 Å². The number of benzene rings is 1. The Balaban J connectivity index is 0.00000156. The molecule has 2 fully saturated rings. The summed E-state index contributed by atoms with van der Waals surface area (Å²) >= 11 is 0. The van der Waals surface area contributed by atoms with Crippen LogP contribution in [0.15, 0.2) is 24.3 Å². The number of piperidine rings is 1. The van der Waals surface area contributed by atoms with E-state index in [0.717, 1.165) is 25.7 Å². The smallest absolute Gasteiger partial charge is 0.220 e. The molecule has 2 saturated heterocycles. The van der Waals surface area contributed by atoms with E-state index < -0.39 is 0 Å². The third kappa shape index (κ3) is 3.89. The fraction of sp³-hybridized carbons (Fsp3) is 0.632. The summed E-state index contributed by atoms with van der Waals surface area (Å²) in [6.07, 6.45) is 8.91. The Morgan fingerprint density at radius 2 is 1.78 bits per heavy atom. The van der Waals surface area contributed by atoms with Crippen molar-refractivity contribution in [2.45, 2.75) is 69.5 Å². The van der Waals surface area contributed by atoms with E-state index in [-0.39, 0.29) is 18.3 Å². The predicted molar refractivity (Wildman–Crippen MR) is 94.9 cm³/mol. The number of carbonyl (C=O) groups excluding carboxylic acids is 1. The van der Waals surface area contributed by atoms with Crippen molar-refractivity contribution in [3.05, 3.63) is 35.4 Å². The summed E-state index contributed by atoms with van der Waals surface area (Å²) in [6, 6.07) is 10.3. The van der Waals surface area contributed by atoms with Crippen molar-refractivity contribution >= 4 is 18.3 Å². The van der Waals surface area contributed by atoms with Crippen molar-refractivity contribution in [1.82, 2.24) is 10.6 Å². The van der Waals surface area contributed by atoms with Crippen molar-refractivity contribution in [1.29, 1.82) is 0 Å². The van der Waals surface area contributed by atoms with E-state index in [4.69, 9.17) is 0 Å². The van der Waals surface area contributed by atoms with Crippen LogP contribution >= 0.6 is 12.4 Å². The first-order chi connectivity index (χ1) is 10.8. The summed E-state index contributed by atoms with van der Waals surface area (Å²) in [5, 5.41) is 6.95. The van der Waals surface area contributed by atoms with Gasteiger partial charge in [-0.1, -0.05) is 24.3 Å². The van der Waals surface area contributed by atoms with Crippen molar-refractivity contribution in [2.24, 2.45) is 5.92 Å². The van der Waals surface area contributed by atoms with Gasteiger partial charge in [0.25, 0.3) is 0 Å². The van der Waals surface area contributed by atoms with E-state index in [1.807, 2.05) is 0 Å². The number of carbonyl (C=O) groups is 1. The van der Waals surface area contributed by atoms with Crippen molar-refractivity contribution in [3.63, 3.8) is 0 Å². The van der Waals surface area contributed by atoms with Crippen molar-refractivity contribution in [2.75, 3.05) is 0 Å². The van der Waals surface area contributed by atoms with Gasteiger partial charge in [-0.15, -0.1) is 12.4 Å². The molecule has 1 aromatic rings. The van der Waals surface area contributed by atoms with Gasteiger partial charge >= 0.3 is 0 Å². The molecular weight excluding hydrogens is 308 g/mol. The molecule has 23 heavy (non-hydrogen) atoms. The number of nitrogens with one attached hydrogen (secondary N) is 2. The van der Waals surface area contributed by atoms with Gasteiger partial charge in [0.1, 0.15) is 0 Å². The molecule has 4 rings (SSSR count). The molecule has 0 radical (unpaired) electrons. The lowest BCUT2D eigenvalue weighted by Crippen LogP contribution is -2.42. The topological polar surface area (TPSA) is 41.1 Å². The molecule has 3 unspecified atom stereocenters. The van der Waals surface area contributed by atoms with Crippen LogP contribution in [-0.2, 0) is 17.6 Å². The number of aryl methyl sites for hydroxylation is 1. The Morgan fingerprint density at radius 3 is 2.52 bits per heavy atom. The Hall–Kier alpha value is -1.06. The minimum Gasteiger partial charge on any atom is -0.353 e. The number of halogens is 1. The average molecular weight is 335 g/mol. The van der Waals surface area contributed by atoms with E-state index in [9.17, 15) is 4.79 Å². The van der Waals surface area contributed by atoms with Gasteiger partial charge in [0.15, 0.2) is 0 Å². The number of fused-ring (bicyclic) bond motifs is 3. The molecule has 3 atom stereocenters. The molecule has 2 bridgehead atoms. The Labute approximate surface area is 145 Å². The van der Waals surface area contributed by atoms with E-state index >= 15 is 0 Å². The molecule has 0 aromatic heterocycles. The fourth-order valence-electron chi connectivity index (χ4n) is 4.71. The molecule has 0 saturated carbocycles. The summed E-state index contributed by atoms with van der Waals surface area (Å²) in [5.41, 5.74) is 2.88. The number of hydrogen-bond acceptors (Lipinski definition) is 2. The first kappa shape index (κ1) is 16.8. The second-order valence-electron chi connectivity index (χ2n) is 7.46. The molecule has 3 nitrogen and oxygen atoms in total. The maximum Gasteiger partial charge on any atom is 0.220 e. The Bertz CT molecular complexity index is 550. The zero-order valence-corrected chi connectivity index (χ0v) is 14.4. The summed E-state index contributed by atoms with van der Waals surface area (Å²) in [4.78, 5) is 12.4. The SMILES string of the molecule is Cl.O=C(CC1CC2CCC(C1)N2)NC1CCc2ccccc2C1. The normalized spacial score (nSPS) is 31.8. The molecule has 1 aromatic carbocycles. The lowest BCUT2D eigenvalue weighted by Gasteiger charge is -2.30. The van der Waals surface area contributed by atoms with Crippen molar-refractivity contribution in [3.8, 4) is 0 Å². The molecule has 2 N–H and O–H groups in total.